The van der Waals surface area contributed by atoms with Crippen molar-refractivity contribution in [3.05, 3.63) is 56.3 Å². The standard InChI is InChI=1S/C20H20Cl3FN2O4/c1-3-10(2)26-16-7-13(21)4-12(18(16)24)9-30-19-14(22)5-11(6-15(19)23)20(29)25-8-17(27)28/h4-7,10,26H,3,8-9H2,1-2H3,(H,25,29)(H,27,28). The highest BCUT2D eigenvalue weighted by molar-refractivity contribution is 6.37. The average molecular weight is 478 g/mol. The first kappa shape index (κ1) is 24.1. The number of rotatable bonds is 9. The molecule has 1 atom stereocenters. The van der Waals surface area contributed by atoms with Crippen molar-refractivity contribution in [2.24, 2.45) is 0 Å². The van der Waals surface area contributed by atoms with Crippen molar-refractivity contribution in [1.82, 2.24) is 5.32 Å². The highest BCUT2D eigenvalue weighted by Crippen LogP contribution is 2.35. The molecule has 30 heavy (non-hydrogen) atoms. The Morgan fingerprint density at radius 2 is 1.80 bits per heavy atom. The van der Waals surface area contributed by atoms with Crippen LogP contribution in [0, 0.1) is 5.82 Å². The number of hydrogen-bond acceptors (Lipinski definition) is 4. The molecule has 162 valence electrons. The van der Waals surface area contributed by atoms with Crippen molar-refractivity contribution in [3.63, 3.8) is 0 Å². The highest BCUT2D eigenvalue weighted by Gasteiger charge is 2.17. The second-order valence-electron chi connectivity index (χ2n) is 6.51. The van der Waals surface area contributed by atoms with Gasteiger partial charge in [-0.1, -0.05) is 41.7 Å². The normalized spacial score (nSPS) is 11.7. The van der Waals surface area contributed by atoms with Gasteiger partial charge in [0.25, 0.3) is 5.91 Å². The van der Waals surface area contributed by atoms with Gasteiger partial charge in [0.1, 0.15) is 13.2 Å². The number of carboxylic acid groups (broad SMARTS) is 1. The molecular weight excluding hydrogens is 458 g/mol. The van der Waals surface area contributed by atoms with Crippen molar-refractivity contribution >= 4 is 52.4 Å². The summed E-state index contributed by atoms with van der Waals surface area (Å²) in [7, 11) is 0. The quantitative estimate of drug-likeness (QED) is 0.451. The molecule has 0 spiro atoms. The number of amides is 1. The Balaban J connectivity index is 2.20. The van der Waals surface area contributed by atoms with Crippen LogP contribution in [0.2, 0.25) is 15.1 Å². The average Bonchev–Trinajstić information content (AvgIpc) is 2.68. The molecule has 6 nitrogen and oxygen atoms in total. The number of benzene rings is 2. The summed E-state index contributed by atoms with van der Waals surface area (Å²) in [4.78, 5) is 22.5. The lowest BCUT2D eigenvalue weighted by Gasteiger charge is -2.17. The van der Waals surface area contributed by atoms with E-state index in [1.165, 1.54) is 24.3 Å². The molecule has 1 amide bonds. The van der Waals surface area contributed by atoms with E-state index in [4.69, 9.17) is 44.6 Å². The van der Waals surface area contributed by atoms with Crippen molar-refractivity contribution in [3.8, 4) is 5.75 Å². The number of halogens is 4. The number of aliphatic carboxylic acids is 1. The predicted octanol–water partition coefficient (Wildman–Crippen LogP) is 5.39. The zero-order valence-electron chi connectivity index (χ0n) is 16.2. The zero-order chi connectivity index (χ0) is 22.4. The molecule has 0 aliphatic rings. The largest absolute Gasteiger partial charge is 0.486 e. The number of ether oxygens (including phenoxy) is 1. The van der Waals surface area contributed by atoms with Crippen LogP contribution in [0.1, 0.15) is 36.2 Å². The molecule has 0 aliphatic carbocycles. The summed E-state index contributed by atoms with van der Waals surface area (Å²) in [5, 5.41) is 14.3. The molecule has 0 saturated heterocycles. The number of hydrogen-bond donors (Lipinski definition) is 3. The molecule has 2 aromatic carbocycles. The van der Waals surface area contributed by atoms with E-state index in [1.54, 1.807) is 0 Å². The molecule has 0 fully saturated rings. The van der Waals surface area contributed by atoms with E-state index >= 15 is 0 Å². The van der Waals surface area contributed by atoms with Gasteiger partial charge in [0.15, 0.2) is 11.6 Å². The van der Waals surface area contributed by atoms with E-state index in [0.717, 1.165) is 6.42 Å². The Bertz CT molecular complexity index is 933. The first-order valence-corrected chi connectivity index (χ1v) is 10.1. The summed E-state index contributed by atoms with van der Waals surface area (Å²) in [5.41, 5.74) is 0.523. The van der Waals surface area contributed by atoms with E-state index < -0.39 is 24.2 Å². The Labute approximate surface area is 188 Å². The number of nitrogens with one attached hydrogen (secondary N) is 2. The van der Waals surface area contributed by atoms with Crippen LogP contribution < -0.4 is 15.4 Å². The second-order valence-corrected chi connectivity index (χ2v) is 7.77. The molecule has 0 aromatic heterocycles. The maximum atomic E-state index is 14.8. The number of carboxylic acids is 1. The van der Waals surface area contributed by atoms with Crippen molar-refractivity contribution in [1.29, 1.82) is 0 Å². The molecule has 0 heterocycles. The van der Waals surface area contributed by atoms with Crippen LogP contribution in [0.3, 0.4) is 0 Å². The van der Waals surface area contributed by atoms with Crippen LogP contribution in [0.15, 0.2) is 24.3 Å². The third-order valence-electron chi connectivity index (χ3n) is 4.16. The lowest BCUT2D eigenvalue weighted by Crippen LogP contribution is -2.29. The fraction of sp³-hybridized carbons (Fsp3) is 0.300. The minimum absolute atomic E-state index is 0.0170. The Morgan fingerprint density at radius 3 is 2.37 bits per heavy atom. The molecule has 2 aromatic rings. The summed E-state index contributed by atoms with van der Waals surface area (Å²) in [6.07, 6.45) is 0.801. The van der Waals surface area contributed by atoms with Crippen LogP contribution >= 0.6 is 34.8 Å². The van der Waals surface area contributed by atoms with Gasteiger partial charge in [-0.2, -0.15) is 0 Å². The van der Waals surface area contributed by atoms with E-state index in [1.807, 2.05) is 13.8 Å². The summed E-state index contributed by atoms with van der Waals surface area (Å²) in [6, 6.07) is 5.55. The molecule has 10 heteroatoms. The Kier molecular flexibility index (Phi) is 8.58. The SMILES string of the molecule is CCC(C)Nc1cc(Cl)cc(COc2c(Cl)cc(C(=O)NCC(=O)O)cc2Cl)c1F. The van der Waals surface area contributed by atoms with Crippen LogP contribution in [-0.4, -0.2) is 29.6 Å². The van der Waals surface area contributed by atoms with E-state index in [-0.39, 0.29) is 45.3 Å². The second kappa shape index (κ2) is 10.7. The van der Waals surface area contributed by atoms with Crippen LogP contribution in [0.5, 0.6) is 5.75 Å². The van der Waals surface area contributed by atoms with Gasteiger partial charge in [-0.25, -0.2) is 4.39 Å². The van der Waals surface area contributed by atoms with Crippen molar-refractivity contribution in [2.45, 2.75) is 32.9 Å². The number of anilines is 1. The maximum absolute atomic E-state index is 14.8. The first-order valence-electron chi connectivity index (χ1n) is 8.98. The zero-order valence-corrected chi connectivity index (χ0v) is 18.5. The molecule has 0 saturated carbocycles. The molecule has 0 aliphatic heterocycles. The topological polar surface area (TPSA) is 87.7 Å². The molecule has 3 N–H and O–H groups in total. The van der Waals surface area contributed by atoms with Gasteiger partial charge < -0.3 is 20.5 Å². The van der Waals surface area contributed by atoms with E-state index in [0.29, 0.717) is 5.02 Å². The van der Waals surface area contributed by atoms with Crippen molar-refractivity contribution < 1.29 is 23.8 Å². The molecule has 0 radical (unpaired) electrons. The molecule has 0 bridgehead atoms. The fourth-order valence-corrected chi connectivity index (χ4v) is 3.30. The Hall–Kier alpha value is -2.22. The van der Waals surface area contributed by atoms with Gasteiger partial charge in [0.05, 0.1) is 15.7 Å². The van der Waals surface area contributed by atoms with Gasteiger partial charge in [-0.15, -0.1) is 0 Å². The van der Waals surface area contributed by atoms with Gasteiger partial charge in [-0.3, -0.25) is 9.59 Å². The minimum atomic E-state index is -1.19. The summed E-state index contributed by atoms with van der Waals surface area (Å²) < 4.78 is 20.4. The van der Waals surface area contributed by atoms with Crippen LogP contribution in [-0.2, 0) is 11.4 Å². The first-order chi connectivity index (χ1) is 14.1. The molecular formula is C20H20Cl3FN2O4. The van der Waals surface area contributed by atoms with Crippen LogP contribution in [0.4, 0.5) is 10.1 Å². The summed E-state index contributed by atoms with van der Waals surface area (Å²) in [5.74, 6) is -2.29. The van der Waals surface area contributed by atoms with Gasteiger partial charge in [-0.05, 0) is 37.6 Å². The Morgan fingerprint density at radius 1 is 1.17 bits per heavy atom. The smallest absolute Gasteiger partial charge is 0.322 e. The fourth-order valence-electron chi connectivity index (χ4n) is 2.46. The summed E-state index contributed by atoms with van der Waals surface area (Å²) in [6.45, 7) is 3.14. The molecule has 1 unspecified atom stereocenters. The monoisotopic (exact) mass is 476 g/mol. The van der Waals surface area contributed by atoms with E-state index in [9.17, 15) is 14.0 Å². The minimum Gasteiger partial charge on any atom is -0.486 e. The predicted molar refractivity (Wildman–Crippen MR) is 116 cm³/mol. The molecule has 2 rings (SSSR count). The van der Waals surface area contributed by atoms with Crippen molar-refractivity contribution in [2.75, 3.05) is 11.9 Å². The summed E-state index contributed by atoms with van der Waals surface area (Å²) >= 11 is 18.4. The maximum Gasteiger partial charge on any atom is 0.322 e. The lowest BCUT2D eigenvalue weighted by atomic mass is 10.1. The number of carbonyl (C=O) groups is 2. The van der Waals surface area contributed by atoms with E-state index in [2.05, 4.69) is 10.6 Å². The van der Waals surface area contributed by atoms with Gasteiger partial charge in [0.2, 0.25) is 0 Å². The van der Waals surface area contributed by atoms with Gasteiger partial charge in [0, 0.05) is 22.2 Å². The number of carbonyl (C=O) groups excluding carboxylic acids is 1. The third kappa shape index (κ3) is 6.39. The van der Waals surface area contributed by atoms with Crippen LogP contribution in [0.25, 0.3) is 0 Å². The van der Waals surface area contributed by atoms with Gasteiger partial charge >= 0.3 is 5.97 Å². The lowest BCUT2D eigenvalue weighted by molar-refractivity contribution is -0.135. The third-order valence-corrected chi connectivity index (χ3v) is 4.94. The highest BCUT2D eigenvalue weighted by atomic mass is 35.5.